The van der Waals surface area contributed by atoms with Gasteiger partial charge in [-0.15, -0.1) is 0 Å². The molecule has 1 N–H and O–H groups in total. The van der Waals surface area contributed by atoms with Gasteiger partial charge in [-0.3, -0.25) is 4.79 Å². The molecule has 3 aliphatic rings. The van der Waals surface area contributed by atoms with Crippen LogP contribution in [0.15, 0.2) is 12.1 Å². The molecule has 0 radical (unpaired) electrons. The zero-order chi connectivity index (χ0) is 23.0. The summed E-state index contributed by atoms with van der Waals surface area (Å²) in [5.41, 5.74) is 0.421. The number of ether oxygens (including phenoxy) is 1. The van der Waals surface area contributed by atoms with Gasteiger partial charge < -0.3 is 14.7 Å². The number of hydrogen-bond donors (Lipinski definition) is 1. The number of rotatable bonds is 6. The van der Waals surface area contributed by atoms with Crippen molar-refractivity contribution in [1.29, 1.82) is 0 Å². The molecule has 4 rings (SSSR count). The van der Waals surface area contributed by atoms with E-state index in [-0.39, 0.29) is 11.5 Å². The largest absolute Gasteiger partial charge is 0.491 e. The normalized spacial score (nSPS) is 34.7. The summed E-state index contributed by atoms with van der Waals surface area (Å²) in [6.45, 7) is 5.25. The van der Waals surface area contributed by atoms with Crippen molar-refractivity contribution in [3.8, 4) is 5.75 Å². The molecule has 0 aliphatic heterocycles. The Bertz CT molecular complexity index is 831. The number of halogens is 2. The molecule has 2 bridgehead atoms. The SMILES string of the molecule is CC1C[C@H]2CC[C@@H](C1)CC(C)(COc1cc(F)c(N(C)[C@@H]3CCC[C@H]3C(=O)O)cc1Cl)C2. The van der Waals surface area contributed by atoms with E-state index in [1.165, 1.54) is 31.7 Å². The summed E-state index contributed by atoms with van der Waals surface area (Å²) in [6.07, 6.45) is 9.77. The monoisotopic (exact) mass is 465 g/mol. The topological polar surface area (TPSA) is 49.8 Å². The number of hydrogen-bond acceptors (Lipinski definition) is 3. The maximum atomic E-state index is 15.1. The molecular weight excluding hydrogens is 429 g/mol. The van der Waals surface area contributed by atoms with Gasteiger partial charge in [0, 0.05) is 24.6 Å². The van der Waals surface area contributed by atoms with Crippen LogP contribution in [0.2, 0.25) is 5.02 Å². The van der Waals surface area contributed by atoms with E-state index >= 15 is 4.39 Å². The molecule has 32 heavy (non-hydrogen) atoms. The van der Waals surface area contributed by atoms with Crippen molar-refractivity contribution in [2.45, 2.75) is 77.7 Å². The Balaban J connectivity index is 1.46. The minimum absolute atomic E-state index is 0.0831. The van der Waals surface area contributed by atoms with Crippen LogP contribution in [0.1, 0.15) is 71.6 Å². The molecule has 0 aromatic heterocycles. The molecule has 1 aromatic rings. The summed E-state index contributed by atoms with van der Waals surface area (Å²) in [6, 6.07) is 2.74. The second-order valence-electron chi connectivity index (χ2n) is 11.2. The van der Waals surface area contributed by atoms with Crippen molar-refractivity contribution in [3.05, 3.63) is 23.0 Å². The van der Waals surface area contributed by atoms with Crippen LogP contribution in [0.5, 0.6) is 5.75 Å². The van der Waals surface area contributed by atoms with Gasteiger partial charge in [0.05, 0.1) is 23.2 Å². The third-order valence-corrected chi connectivity index (χ3v) is 8.56. The predicted octanol–water partition coefficient (Wildman–Crippen LogP) is 6.79. The first-order valence-electron chi connectivity index (χ1n) is 12.2. The molecule has 4 nitrogen and oxygen atoms in total. The van der Waals surface area contributed by atoms with Gasteiger partial charge in [0.25, 0.3) is 0 Å². The average molecular weight is 466 g/mol. The van der Waals surface area contributed by atoms with E-state index in [1.54, 1.807) is 18.0 Å². The molecule has 0 spiro atoms. The van der Waals surface area contributed by atoms with E-state index in [4.69, 9.17) is 16.3 Å². The van der Waals surface area contributed by atoms with Crippen molar-refractivity contribution in [2.75, 3.05) is 18.6 Å². The quantitative estimate of drug-likeness (QED) is 0.502. The second kappa shape index (κ2) is 9.40. The first-order chi connectivity index (χ1) is 15.1. The van der Waals surface area contributed by atoms with Gasteiger partial charge in [0.1, 0.15) is 11.6 Å². The number of aliphatic carboxylic acids is 1. The van der Waals surface area contributed by atoms with Crippen molar-refractivity contribution in [2.24, 2.45) is 29.1 Å². The maximum Gasteiger partial charge on any atom is 0.308 e. The number of anilines is 1. The lowest BCUT2D eigenvalue weighted by atomic mass is 9.72. The molecule has 0 amide bonds. The minimum atomic E-state index is -0.818. The Labute approximate surface area is 196 Å². The van der Waals surface area contributed by atoms with Crippen LogP contribution < -0.4 is 9.64 Å². The van der Waals surface area contributed by atoms with Crippen LogP contribution in [-0.4, -0.2) is 30.8 Å². The molecule has 6 heteroatoms. The van der Waals surface area contributed by atoms with Gasteiger partial charge in [-0.2, -0.15) is 0 Å². The Kier molecular flexibility index (Phi) is 6.95. The van der Waals surface area contributed by atoms with Gasteiger partial charge in [-0.25, -0.2) is 4.39 Å². The summed E-state index contributed by atoms with van der Waals surface area (Å²) in [4.78, 5) is 13.3. The minimum Gasteiger partial charge on any atom is -0.491 e. The van der Waals surface area contributed by atoms with E-state index in [0.29, 0.717) is 29.5 Å². The van der Waals surface area contributed by atoms with Crippen molar-refractivity contribution >= 4 is 23.3 Å². The summed E-state index contributed by atoms with van der Waals surface area (Å²) >= 11 is 6.53. The molecule has 3 saturated carbocycles. The maximum absolute atomic E-state index is 15.1. The number of carbonyl (C=O) groups is 1. The van der Waals surface area contributed by atoms with E-state index < -0.39 is 17.7 Å². The highest BCUT2D eigenvalue weighted by atomic mass is 35.5. The highest BCUT2D eigenvalue weighted by Gasteiger charge is 2.39. The predicted molar refractivity (Wildman–Crippen MR) is 126 cm³/mol. The zero-order valence-electron chi connectivity index (χ0n) is 19.6. The first-order valence-corrected chi connectivity index (χ1v) is 12.6. The van der Waals surface area contributed by atoms with Gasteiger partial charge in [0.2, 0.25) is 0 Å². The summed E-state index contributed by atoms with van der Waals surface area (Å²) in [5.74, 6) is 0.983. The molecule has 0 saturated heterocycles. The van der Waals surface area contributed by atoms with Crippen LogP contribution in [0, 0.1) is 34.9 Å². The first kappa shape index (κ1) is 23.7. The third-order valence-electron chi connectivity index (χ3n) is 8.27. The summed E-state index contributed by atoms with van der Waals surface area (Å²) < 4.78 is 21.2. The van der Waals surface area contributed by atoms with Crippen molar-refractivity contribution in [3.63, 3.8) is 0 Å². The lowest BCUT2D eigenvalue weighted by Crippen LogP contribution is -2.38. The molecule has 178 valence electrons. The number of carboxylic acids is 1. The molecule has 6 atom stereocenters. The number of carboxylic acid groups (broad SMARTS) is 1. The molecule has 0 heterocycles. The Morgan fingerprint density at radius 3 is 2.50 bits per heavy atom. The summed E-state index contributed by atoms with van der Waals surface area (Å²) in [7, 11) is 1.76. The fraction of sp³-hybridized carbons (Fsp3) is 0.731. The fourth-order valence-corrected chi connectivity index (χ4v) is 7.14. The van der Waals surface area contributed by atoms with Crippen LogP contribution in [0.3, 0.4) is 0 Å². The number of benzene rings is 1. The Hall–Kier alpha value is -1.49. The highest BCUT2D eigenvalue weighted by Crippen LogP contribution is 2.48. The lowest BCUT2D eigenvalue weighted by molar-refractivity contribution is -0.141. The van der Waals surface area contributed by atoms with Crippen LogP contribution in [0.25, 0.3) is 0 Å². The van der Waals surface area contributed by atoms with Gasteiger partial charge >= 0.3 is 5.97 Å². The van der Waals surface area contributed by atoms with Gasteiger partial charge in [-0.05, 0) is 62.3 Å². The van der Waals surface area contributed by atoms with E-state index in [9.17, 15) is 9.90 Å². The highest BCUT2D eigenvalue weighted by molar-refractivity contribution is 6.32. The zero-order valence-corrected chi connectivity index (χ0v) is 20.3. The molecule has 3 aliphatic carbocycles. The Morgan fingerprint density at radius 2 is 1.88 bits per heavy atom. The van der Waals surface area contributed by atoms with Gasteiger partial charge in [0.15, 0.2) is 0 Å². The molecular formula is C26H37ClFNO3. The average Bonchev–Trinajstić information content (AvgIpc) is 3.08. The van der Waals surface area contributed by atoms with Crippen LogP contribution in [-0.2, 0) is 4.79 Å². The van der Waals surface area contributed by atoms with E-state index in [0.717, 1.165) is 43.4 Å². The molecule has 3 fully saturated rings. The van der Waals surface area contributed by atoms with E-state index in [2.05, 4.69) is 13.8 Å². The number of fused-ring (bicyclic) bond motifs is 3. The van der Waals surface area contributed by atoms with Gasteiger partial charge in [-0.1, -0.05) is 44.7 Å². The molecule has 1 aromatic carbocycles. The van der Waals surface area contributed by atoms with E-state index in [1.807, 2.05) is 0 Å². The van der Waals surface area contributed by atoms with Crippen molar-refractivity contribution in [1.82, 2.24) is 0 Å². The molecule has 2 unspecified atom stereocenters. The fourth-order valence-electron chi connectivity index (χ4n) is 6.93. The standard InChI is InChI=1S/C26H37ClFNO3/c1-16-9-17-7-8-18(10-16)14-26(2,13-17)15-32-24-12-21(28)23(11-20(24)27)29(3)22-6-4-5-19(22)25(30)31/h11-12,16-19,22H,4-10,13-15H2,1-3H3,(H,30,31)/t16?,17-,18+,19-,22-,26?/m1/s1. The smallest absolute Gasteiger partial charge is 0.308 e. The lowest BCUT2D eigenvalue weighted by Gasteiger charge is -2.36. The van der Waals surface area contributed by atoms with Crippen molar-refractivity contribution < 1.29 is 19.0 Å². The summed E-state index contributed by atoms with van der Waals surface area (Å²) in [5, 5.41) is 9.87. The third kappa shape index (κ3) is 5.03. The second-order valence-corrected chi connectivity index (χ2v) is 11.6. The van der Waals surface area contributed by atoms with Crippen LogP contribution >= 0.6 is 11.6 Å². The number of nitrogens with zero attached hydrogens (tertiary/aromatic N) is 1. The van der Waals surface area contributed by atoms with Crippen LogP contribution in [0.4, 0.5) is 10.1 Å². The Morgan fingerprint density at radius 1 is 1.22 bits per heavy atom.